The van der Waals surface area contributed by atoms with Gasteiger partial charge in [-0.2, -0.15) is 0 Å². The van der Waals surface area contributed by atoms with E-state index in [1.165, 1.54) is 11.3 Å². The van der Waals surface area contributed by atoms with Crippen LogP contribution in [0.5, 0.6) is 0 Å². The van der Waals surface area contributed by atoms with Gasteiger partial charge in [-0.05, 0) is 46.6 Å². The van der Waals surface area contributed by atoms with Crippen LogP contribution in [0, 0.1) is 0 Å². The van der Waals surface area contributed by atoms with E-state index in [1.54, 1.807) is 25.1 Å². The van der Waals surface area contributed by atoms with Crippen molar-refractivity contribution in [3.8, 4) is 0 Å². The number of nitrogens with zero attached hydrogens (tertiary/aromatic N) is 1. The van der Waals surface area contributed by atoms with Crippen molar-refractivity contribution < 1.29 is 4.79 Å². The van der Waals surface area contributed by atoms with Gasteiger partial charge >= 0.3 is 0 Å². The van der Waals surface area contributed by atoms with E-state index < -0.39 is 5.38 Å². The topological polar surface area (TPSA) is 42.0 Å². The molecule has 3 nitrogen and oxygen atoms in total. The first-order chi connectivity index (χ1) is 9.86. The van der Waals surface area contributed by atoms with Crippen LogP contribution in [0.4, 0.5) is 5.82 Å². The largest absolute Gasteiger partial charge is 0.308 e. The van der Waals surface area contributed by atoms with Crippen LogP contribution in [-0.4, -0.2) is 16.3 Å². The number of halogens is 4. The summed E-state index contributed by atoms with van der Waals surface area (Å²) in [6.07, 6.45) is 0.523. The number of aromatic nitrogens is 1. The molecule has 21 heavy (non-hydrogen) atoms. The number of anilines is 1. The summed E-state index contributed by atoms with van der Waals surface area (Å²) in [4.78, 5) is 16.8. The third-order valence-corrected chi connectivity index (χ3v) is 4.94. The van der Waals surface area contributed by atoms with E-state index in [0.29, 0.717) is 26.2 Å². The maximum Gasteiger partial charge on any atom is 0.243 e. The molecular formula is C13H10BrCl3N2OS. The quantitative estimate of drug-likeness (QED) is 0.666. The lowest BCUT2D eigenvalue weighted by atomic mass is 10.1. The molecule has 1 N–H and O–H groups in total. The van der Waals surface area contributed by atoms with E-state index in [1.807, 2.05) is 0 Å². The lowest BCUT2D eigenvalue weighted by Crippen LogP contribution is -2.21. The third-order valence-electron chi connectivity index (χ3n) is 2.63. The molecule has 0 fully saturated rings. The van der Waals surface area contributed by atoms with E-state index in [9.17, 15) is 4.79 Å². The summed E-state index contributed by atoms with van der Waals surface area (Å²) < 4.78 is 0.674. The zero-order valence-corrected chi connectivity index (χ0v) is 15.5. The van der Waals surface area contributed by atoms with Crippen molar-refractivity contribution in [1.82, 2.24) is 4.98 Å². The van der Waals surface area contributed by atoms with Gasteiger partial charge < -0.3 is 5.32 Å². The fraction of sp³-hybridized carbons (Fsp3) is 0.231. The highest BCUT2D eigenvalue weighted by Crippen LogP contribution is 2.32. The number of nitrogens with one attached hydrogen (secondary N) is 1. The summed E-state index contributed by atoms with van der Waals surface area (Å²) in [7, 11) is 0. The number of rotatable bonds is 4. The van der Waals surface area contributed by atoms with E-state index in [0.717, 1.165) is 10.4 Å². The van der Waals surface area contributed by atoms with Gasteiger partial charge in [0.15, 0.2) is 3.92 Å². The van der Waals surface area contributed by atoms with Crippen LogP contribution >= 0.6 is 62.1 Å². The number of hydrogen-bond acceptors (Lipinski definition) is 3. The number of benzene rings is 1. The molecule has 0 saturated heterocycles. The minimum Gasteiger partial charge on any atom is -0.308 e. The lowest BCUT2D eigenvalue weighted by molar-refractivity contribution is -0.115. The van der Waals surface area contributed by atoms with E-state index >= 15 is 0 Å². The second kappa shape index (κ2) is 7.29. The molecule has 2 rings (SSSR count). The Bertz CT molecular complexity index is 675. The fourth-order valence-corrected chi connectivity index (χ4v) is 3.57. The molecule has 0 aliphatic carbocycles. The van der Waals surface area contributed by atoms with Gasteiger partial charge in [0.2, 0.25) is 5.91 Å². The minimum absolute atomic E-state index is 0.298. The van der Waals surface area contributed by atoms with Crippen LogP contribution in [0.3, 0.4) is 0 Å². The average Bonchev–Trinajstić information content (AvgIpc) is 2.73. The smallest absolute Gasteiger partial charge is 0.243 e. The van der Waals surface area contributed by atoms with Crippen LogP contribution in [0.15, 0.2) is 22.1 Å². The Kier molecular flexibility index (Phi) is 5.91. The third kappa shape index (κ3) is 4.57. The van der Waals surface area contributed by atoms with Crippen LogP contribution in [0.1, 0.15) is 17.4 Å². The molecule has 112 valence electrons. The molecule has 8 heteroatoms. The van der Waals surface area contributed by atoms with Gasteiger partial charge in [0.1, 0.15) is 11.2 Å². The average molecular weight is 429 g/mol. The van der Waals surface area contributed by atoms with E-state index in [2.05, 4.69) is 26.2 Å². The summed E-state index contributed by atoms with van der Waals surface area (Å²) in [6.45, 7) is 1.60. The summed E-state index contributed by atoms with van der Waals surface area (Å²) >= 11 is 22.7. The van der Waals surface area contributed by atoms with E-state index in [-0.39, 0.29) is 5.91 Å². The van der Waals surface area contributed by atoms with Gasteiger partial charge in [-0.15, -0.1) is 22.9 Å². The Hall–Kier alpha value is -0.330. The van der Waals surface area contributed by atoms with Gasteiger partial charge in [-0.1, -0.05) is 23.2 Å². The Balaban J connectivity index is 2.28. The highest BCUT2D eigenvalue weighted by Gasteiger charge is 2.17. The van der Waals surface area contributed by atoms with Crippen molar-refractivity contribution in [2.75, 3.05) is 5.32 Å². The van der Waals surface area contributed by atoms with Gasteiger partial charge in [-0.25, -0.2) is 4.98 Å². The zero-order chi connectivity index (χ0) is 15.6. The highest BCUT2D eigenvalue weighted by atomic mass is 79.9. The Morgan fingerprint density at radius 1 is 1.48 bits per heavy atom. The normalized spacial score (nSPS) is 12.2. The number of alkyl halides is 1. The van der Waals surface area contributed by atoms with Crippen molar-refractivity contribution in [2.24, 2.45) is 0 Å². The molecule has 0 bridgehead atoms. The standard InChI is InChI=1S/C13H10BrCl3N2OS/c1-6(15)12(20)18-11-10(21-13(14)19-11)5-7-4-8(16)2-3-9(7)17/h2-4,6H,5H2,1H3,(H,18,20). The number of carbonyl (C=O) groups excluding carboxylic acids is 1. The molecule has 1 aromatic carbocycles. The second-order valence-corrected chi connectivity index (χ2v) is 8.11. The summed E-state index contributed by atoms with van der Waals surface area (Å²) in [5.74, 6) is 0.188. The molecule has 0 aliphatic heterocycles. The van der Waals surface area contributed by atoms with Crippen molar-refractivity contribution in [3.63, 3.8) is 0 Å². The minimum atomic E-state index is -0.631. The lowest BCUT2D eigenvalue weighted by Gasteiger charge is -2.07. The number of carbonyl (C=O) groups is 1. The Labute approximate surface area is 149 Å². The van der Waals surface area contributed by atoms with Crippen LogP contribution in [0.25, 0.3) is 0 Å². The van der Waals surface area contributed by atoms with Crippen molar-refractivity contribution in [2.45, 2.75) is 18.7 Å². The molecule has 1 aromatic heterocycles. The summed E-state index contributed by atoms with van der Waals surface area (Å²) in [5.41, 5.74) is 0.870. The first kappa shape index (κ1) is 17.0. The number of hydrogen-bond donors (Lipinski definition) is 1. The van der Waals surface area contributed by atoms with E-state index in [4.69, 9.17) is 34.8 Å². The fourth-order valence-electron chi connectivity index (χ4n) is 1.61. The molecule has 1 amide bonds. The maximum atomic E-state index is 11.7. The number of thiazole rings is 1. The molecule has 0 spiro atoms. The van der Waals surface area contributed by atoms with Gasteiger partial charge in [-0.3, -0.25) is 4.79 Å². The Morgan fingerprint density at radius 2 is 2.19 bits per heavy atom. The van der Waals surface area contributed by atoms with Crippen molar-refractivity contribution in [1.29, 1.82) is 0 Å². The van der Waals surface area contributed by atoms with Crippen LogP contribution in [0.2, 0.25) is 10.0 Å². The van der Waals surface area contributed by atoms with Crippen molar-refractivity contribution in [3.05, 3.63) is 42.6 Å². The molecular weight excluding hydrogens is 418 g/mol. The zero-order valence-electron chi connectivity index (χ0n) is 10.8. The van der Waals surface area contributed by atoms with Gasteiger partial charge in [0, 0.05) is 16.5 Å². The first-order valence-corrected chi connectivity index (χ1v) is 8.71. The predicted octanol–water partition coefficient (Wildman–Crippen LogP) is 5.37. The molecule has 2 aromatic rings. The molecule has 1 unspecified atom stereocenters. The first-order valence-electron chi connectivity index (χ1n) is 5.91. The molecule has 1 atom stereocenters. The Morgan fingerprint density at radius 3 is 2.86 bits per heavy atom. The molecule has 0 aliphatic rings. The SMILES string of the molecule is CC(Cl)C(=O)Nc1nc(Br)sc1Cc1cc(Cl)ccc1Cl. The molecule has 0 saturated carbocycles. The number of amides is 1. The summed E-state index contributed by atoms with van der Waals surface area (Å²) in [6, 6.07) is 5.27. The molecule has 0 radical (unpaired) electrons. The van der Waals surface area contributed by atoms with Crippen LogP contribution in [-0.2, 0) is 11.2 Å². The highest BCUT2D eigenvalue weighted by molar-refractivity contribution is 9.11. The summed E-state index contributed by atoms with van der Waals surface area (Å²) in [5, 5.41) is 3.30. The van der Waals surface area contributed by atoms with Gasteiger partial charge in [0.25, 0.3) is 0 Å². The predicted molar refractivity (Wildman–Crippen MR) is 93.0 cm³/mol. The van der Waals surface area contributed by atoms with Gasteiger partial charge in [0.05, 0.1) is 4.88 Å². The molecule has 1 heterocycles. The maximum absolute atomic E-state index is 11.7. The second-order valence-electron chi connectivity index (χ2n) is 4.26. The monoisotopic (exact) mass is 426 g/mol. The van der Waals surface area contributed by atoms with Crippen LogP contribution < -0.4 is 5.32 Å². The van der Waals surface area contributed by atoms with Crippen molar-refractivity contribution >= 4 is 73.8 Å².